The van der Waals surface area contributed by atoms with Gasteiger partial charge in [-0.15, -0.1) is 0 Å². The molecule has 0 bridgehead atoms. The van der Waals surface area contributed by atoms with Crippen LogP contribution in [0.4, 0.5) is 5.69 Å². The van der Waals surface area contributed by atoms with Gasteiger partial charge in [0.15, 0.2) is 0 Å². The van der Waals surface area contributed by atoms with Crippen LogP contribution in [0.3, 0.4) is 0 Å². The molecule has 0 saturated heterocycles. The first kappa shape index (κ1) is 15.0. The monoisotopic (exact) mass is 297 g/mol. The molecule has 0 aliphatic heterocycles. The molecular formula is C13H19N3O3S. The van der Waals surface area contributed by atoms with Crippen LogP contribution in [0.2, 0.25) is 0 Å². The minimum atomic E-state index is -3.78. The Labute approximate surface area is 118 Å². The molecule has 1 aromatic carbocycles. The van der Waals surface area contributed by atoms with Crippen molar-refractivity contribution in [2.75, 3.05) is 18.4 Å². The van der Waals surface area contributed by atoms with Crippen molar-refractivity contribution in [1.82, 2.24) is 5.32 Å². The second kappa shape index (κ2) is 5.90. The third kappa shape index (κ3) is 4.29. The Hall–Kier alpha value is -1.44. The van der Waals surface area contributed by atoms with Gasteiger partial charge < -0.3 is 10.6 Å². The fourth-order valence-electron chi connectivity index (χ4n) is 1.90. The maximum Gasteiger partial charge on any atom is 0.238 e. The summed E-state index contributed by atoms with van der Waals surface area (Å²) in [4.78, 5) is 11.7. The molecule has 1 saturated carbocycles. The molecule has 1 amide bonds. The summed E-state index contributed by atoms with van der Waals surface area (Å²) in [6.07, 6.45) is 2.45. The van der Waals surface area contributed by atoms with Crippen LogP contribution in [0.25, 0.3) is 0 Å². The van der Waals surface area contributed by atoms with E-state index in [0.717, 1.165) is 6.54 Å². The molecule has 0 spiro atoms. The Morgan fingerprint density at radius 3 is 2.70 bits per heavy atom. The van der Waals surface area contributed by atoms with Crippen molar-refractivity contribution >= 4 is 21.6 Å². The van der Waals surface area contributed by atoms with Crippen LogP contribution >= 0.6 is 0 Å². The summed E-state index contributed by atoms with van der Waals surface area (Å²) < 4.78 is 22.8. The van der Waals surface area contributed by atoms with Crippen molar-refractivity contribution < 1.29 is 13.2 Å². The molecule has 1 fully saturated rings. The summed E-state index contributed by atoms with van der Waals surface area (Å²) in [6, 6.07) is 4.65. The van der Waals surface area contributed by atoms with E-state index in [1.54, 1.807) is 19.1 Å². The van der Waals surface area contributed by atoms with Gasteiger partial charge >= 0.3 is 0 Å². The second-order valence-corrected chi connectivity index (χ2v) is 6.68. The van der Waals surface area contributed by atoms with Gasteiger partial charge in [0.2, 0.25) is 15.9 Å². The van der Waals surface area contributed by atoms with Crippen molar-refractivity contribution in [3.8, 4) is 0 Å². The van der Waals surface area contributed by atoms with Crippen LogP contribution in [0.15, 0.2) is 23.1 Å². The molecule has 4 N–H and O–H groups in total. The van der Waals surface area contributed by atoms with E-state index in [4.69, 9.17) is 5.14 Å². The first-order valence-electron chi connectivity index (χ1n) is 6.50. The van der Waals surface area contributed by atoms with Gasteiger partial charge in [0.1, 0.15) is 0 Å². The molecule has 20 heavy (non-hydrogen) atoms. The normalized spacial score (nSPS) is 15.1. The number of carbonyl (C=O) groups excluding carboxylic acids is 1. The lowest BCUT2D eigenvalue weighted by Crippen LogP contribution is -2.29. The maximum atomic E-state index is 11.7. The summed E-state index contributed by atoms with van der Waals surface area (Å²) in [7, 11) is -3.78. The molecule has 0 radical (unpaired) electrons. The van der Waals surface area contributed by atoms with Gasteiger partial charge in [-0.2, -0.15) is 0 Å². The Balaban J connectivity index is 1.96. The molecule has 1 aromatic rings. The number of anilines is 1. The van der Waals surface area contributed by atoms with Crippen LogP contribution in [0.1, 0.15) is 18.4 Å². The van der Waals surface area contributed by atoms with Crippen LogP contribution < -0.4 is 15.8 Å². The lowest BCUT2D eigenvalue weighted by atomic mass is 10.2. The first-order chi connectivity index (χ1) is 9.36. The fourth-order valence-corrected chi connectivity index (χ4v) is 2.71. The number of nitrogens with one attached hydrogen (secondary N) is 2. The molecule has 2 rings (SSSR count). The molecule has 0 atom stereocenters. The quantitative estimate of drug-likeness (QED) is 0.715. The van der Waals surface area contributed by atoms with Crippen LogP contribution in [-0.4, -0.2) is 27.4 Å². The van der Waals surface area contributed by atoms with E-state index in [2.05, 4.69) is 10.6 Å². The Morgan fingerprint density at radius 2 is 2.10 bits per heavy atom. The lowest BCUT2D eigenvalue weighted by Gasteiger charge is -2.09. The maximum absolute atomic E-state index is 11.7. The van der Waals surface area contributed by atoms with Crippen LogP contribution in [0.5, 0.6) is 0 Å². The van der Waals surface area contributed by atoms with Crippen molar-refractivity contribution in [2.24, 2.45) is 11.1 Å². The highest BCUT2D eigenvalue weighted by Gasteiger charge is 2.20. The summed E-state index contributed by atoms with van der Waals surface area (Å²) in [5.74, 6) is 0.506. The summed E-state index contributed by atoms with van der Waals surface area (Å²) in [5, 5.41) is 10.8. The molecule has 110 valence electrons. The number of sulfonamides is 1. The minimum absolute atomic E-state index is 0.0289. The van der Waals surface area contributed by atoms with Crippen molar-refractivity contribution in [3.63, 3.8) is 0 Å². The zero-order chi connectivity index (χ0) is 14.8. The molecule has 0 heterocycles. The Morgan fingerprint density at radius 1 is 1.40 bits per heavy atom. The SMILES string of the molecule is Cc1ccc(NC(=O)CNCC2CC2)cc1S(N)(=O)=O. The van der Waals surface area contributed by atoms with Crippen molar-refractivity contribution in [2.45, 2.75) is 24.7 Å². The van der Waals surface area contributed by atoms with Gasteiger partial charge in [-0.05, 0) is 49.9 Å². The summed E-state index contributed by atoms with van der Waals surface area (Å²) in [6.45, 7) is 2.72. The van der Waals surface area contributed by atoms with Gasteiger partial charge in [0.25, 0.3) is 0 Å². The van der Waals surface area contributed by atoms with Crippen molar-refractivity contribution in [3.05, 3.63) is 23.8 Å². The topological polar surface area (TPSA) is 101 Å². The number of rotatable bonds is 6. The van der Waals surface area contributed by atoms with Gasteiger partial charge in [-0.3, -0.25) is 4.79 Å². The number of hydrogen-bond donors (Lipinski definition) is 3. The predicted octanol–water partition coefficient (Wildman–Crippen LogP) is 0.581. The molecule has 7 heteroatoms. The third-order valence-corrected chi connectivity index (χ3v) is 4.25. The zero-order valence-corrected chi connectivity index (χ0v) is 12.2. The number of hydrogen-bond acceptors (Lipinski definition) is 4. The number of nitrogens with two attached hydrogens (primary N) is 1. The van der Waals surface area contributed by atoms with E-state index < -0.39 is 10.0 Å². The molecule has 1 aliphatic rings. The van der Waals surface area contributed by atoms with E-state index in [-0.39, 0.29) is 17.3 Å². The van der Waals surface area contributed by atoms with E-state index in [1.165, 1.54) is 18.9 Å². The molecule has 6 nitrogen and oxygen atoms in total. The number of aryl methyl sites for hydroxylation is 1. The Kier molecular flexibility index (Phi) is 4.42. The lowest BCUT2D eigenvalue weighted by molar-refractivity contribution is -0.115. The van der Waals surface area contributed by atoms with Gasteiger partial charge in [0.05, 0.1) is 11.4 Å². The van der Waals surface area contributed by atoms with Crippen LogP contribution in [0, 0.1) is 12.8 Å². The minimum Gasteiger partial charge on any atom is -0.325 e. The molecule has 0 unspecified atom stereocenters. The average Bonchev–Trinajstić information content (AvgIpc) is 3.14. The molecule has 1 aliphatic carbocycles. The number of primary sulfonamides is 1. The summed E-state index contributed by atoms with van der Waals surface area (Å²) >= 11 is 0. The fraction of sp³-hybridized carbons (Fsp3) is 0.462. The van der Waals surface area contributed by atoms with E-state index in [0.29, 0.717) is 17.2 Å². The zero-order valence-electron chi connectivity index (χ0n) is 11.3. The predicted molar refractivity (Wildman–Crippen MR) is 76.8 cm³/mol. The average molecular weight is 297 g/mol. The first-order valence-corrected chi connectivity index (χ1v) is 8.05. The van der Waals surface area contributed by atoms with Gasteiger partial charge in [-0.1, -0.05) is 6.07 Å². The number of benzene rings is 1. The largest absolute Gasteiger partial charge is 0.325 e. The van der Waals surface area contributed by atoms with Crippen molar-refractivity contribution in [1.29, 1.82) is 0 Å². The molecule has 0 aromatic heterocycles. The van der Waals surface area contributed by atoms with Crippen LogP contribution in [-0.2, 0) is 14.8 Å². The number of amides is 1. The smallest absolute Gasteiger partial charge is 0.238 e. The van der Waals surface area contributed by atoms with Gasteiger partial charge in [-0.25, -0.2) is 13.6 Å². The standard InChI is InChI=1S/C13H19N3O3S/c1-9-2-5-11(6-12(9)20(14,18)19)16-13(17)8-15-7-10-3-4-10/h2,5-6,10,15H,3-4,7-8H2,1H3,(H,16,17)(H2,14,18,19). The summed E-state index contributed by atoms with van der Waals surface area (Å²) in [5.41, 5.74) is 0.982. The highest BCUT2D eigenvalue weighted by Crippen LogP contribution is 2.27. The van der Waals surface area contributed by atoms with E-state index in [1.807, 2.05) is 0 Å². The third-order valence-electron chi connectivity index (χ3n) is 3.19. The highest BCUT2D eigenvalue weighted by atomic mass is 32.2. The van der Waals surface area contributed by atoms with E-state index in [9.17, 15) is 13.2 Å². The molecular weight excluding hydrogens is 278 g/mol. The Bertz CT molecular complexity index is 609. The van der Waals surface area contributed by atoms with Gasteiger partial charge in [0, 0.05) is 5.69 Å². The van der Waals surface area contributed by atoms with E-state index >= 15 is 0 Å². The second-order valence-electron chi connectivity index (χ2n) is 5.15. The number of carbonyl (C=O) groups is 1. The highest BCUT2D eigenvalue weighted by molar-refractivity contribution is 7.89.